The fraction of sp³-hybridized carbons (Fsp3) is 0.471. The van der Waals surface area contributed by atoms with Gasteiger partial charge in [-0.25, -0.2) is 4.98 Å². The fourth-order valence-corrected chi connectivity index (χ4v) is 4.07. The highest BCUT2D eigenvalue weighted by atomic mass is 32.1. The maximum atomic E-state index is 13.0. The third kappa shape index (κ3) is 3.28. The first-order valence-corrected chi connectivity index (χ1v) is 8.81. The molecular formula is C17H22N4OS. The summed E-state index contributed by atoms with van der Waals surface area (Å²) in [6, 6.07) is 5.84. The smallest absolute Gasteiger partial charge is 0.266 e. The van der Waals surface area contributed by atoms with Crippen LogP contribution in [-0.4, -0.2) is 39.9 Å². The lowest BCUT2D eigenvalue weighted by Gasteiger charge is -2.37. The van der Waals surface area contributed by atoms with Gasteiger partial charge in [-0.05, 0) is 37.8 Å². The van der Waals surface area contributed by atoms with Crippen molar-refractivity contribution in [2.45, 2.75) is 32.7 Å². The molecule has 0 aliphatic carbocycles. The van der Waals surface area contributed by atoms with Crippen molar-refractivity contribution in [3.8, 4) is 10.7 Å². The summed E-state index contributed by atoms with van der Waals surface area (Å²) in [6.07, 6.45) is 3.75. The number of nitrogens with zero attached hydrogens (tertiary/aromatic N) is 3. The molecule has 0 spiro atoms. The highest BCUT2D eigenvalue weighted by Gasteiger charge is 2.31. The van der Waals surface area contributed by atoms with Gasteiger partial charge in [0.05, 0.1) is 11.4 Å². The van der Waals surface area contributed by atoms with Crippen LogP contribution in [0.1, 0.15) is 35.1 Å². The first-order chi connectivity index (χ1) is 11.1. The van der Waals surface area contributed by atoms with Gasteiger partial charge >= 0.3 is 0 Å². The van der Waals surface area contributed by atoms with Crippen LogP contribution >= 0.6 is 11.3 Å². The standard InChI is InChI=1S/C17H22N4OS/c1-11-6-8-21(13(9-11)10-18)17(22)15-12(2)20-16(23-15)14-5-3-4-7-19-14/h3-5,7,11,13H,6,8-10,18H2,1-2H3. The predicted molar refractivity (Wildman–Crippen MR) is 92.4 cm³/mol. The minimum absolute atomic E-state index is 0.0598. The molecule has 5 nitrogen and oxygen atoms in total. The van der Waals surface area contributed by atoms with Gasteiger partial charge < -0.3 is 10.6 Å². The molecule has 2 atom stereocenters. The Morgan fingerprint density at radius 2 is 2.30 bits per heavy atom. The molecule has 0 saturated carbocycles. The highest BCUT2D eigenvalue weighted by Crippen LogP contribution is 2.30. The molecule has 0 aromatic carbocycles. The van der Waals surface area contributed by atoms with Crippen LogP contribution in [0.2, 0.25) is 0 Å². The first kappa shape index (κ1) is 16.1. The molecule has 1 fully saturated rings. The van der Waals surface area contributed by atoms with Gasteiger partial charge in [0.1, 0.15) is 9.88 Å². The van der Waals surface area contributed by atoms with E-state index < -0.39 is 0 Å². The van der Waals surface area contributed by atoms with Crippen LogP contribution in [-0.2, 0) is 0 Å². The van der Waals surface area contributed by atoms with Crippen LogP contribution in [0.4, 0.5) is 0 Å². The van der Waals surface area contributed by atoms with Crippen LogP contribution in [0.25, 0.3) is 10.7 Å². The maximum absolute atomic E-state index is 13.0. The Bertz CT molecular complexity index is 685. The molecule has 1 aliphatic rings. The molecule has 23 heavy (non-hydrogen) atoms. The zero-order valence-corrected chi connectivity index (χ0v) is 14.3. The summed E-state index contributed by atoms with van der Waals surface area (Å²) in [7, 11) is 0. The van der Waals surface area contributed by atoms with Crippen molar-refractivity contribution in [3.63, 3.8) is 0 Å². The zero-order valence-electron chi connectivity index (χ0n) is 13.5. The van der Waals surface area contributed by atoms with E-state index in [2.05, 4.69) is 16.9 Å². The number of carbonyl (C=O) groups excluding carboxylic acids is 1. The maximum Gasteiger partial charge on any atom is 0.266 e. The van der Waals surface area contributed by atoms with Crippen LogP contribution in [0.15, 0.2) is 24.4 Å². The van der Waals surface area contributed by atoms with E-state index in [1.165, 1.54) is 11.3 Å². The molecule has 0 bridgehead atoms. The molecule has 3 rings (SSSR count). The summed E-state index contributed by atoms with van der Waals surface area (Å²) in [5.41, 5.74) is 7.47. The van der Waals surface area contributed by atoms with Crippen molar-refractivity contribution in [3.05, 3.63) is 35.0 Å². The van der Waals surface area contributed by atoms with Crippen molar-refractivity contribution in [1.29, 1.82) is 0 Å². The molecule has 1 aliphatic heterocycles. The largest absolute Gasteiger partial charge is 0.334 e. The number of piperidine rings is 1. The topological polar surface area (TPSA) is 72.1 Å². The Balaban J connectivity index is 1.87. The number of aryl methyl sites for hydroxylation is 1. The normalized spacial score (nSPS) is 21.4. The molecule has 1 saturated heterocycles. The number of thiazole rings is 1. The number of amides is 1. The number of rotatable bonds is 3. The lowest BCUT2D eigenvalue weighted by molar-refractivity contribution is 0.0577. The van der Waals surface area contributed by atoms with Crippen molar-refractivity contribution in [2.75, 3.05) is 13.1 Å². The van der Waals surface area contributed by atoms with Crippen LogP contribution in [0.3, 0.4) is 0 Å². The molecule has 2 N–H and O–H groups in total. The Morgan fingerprint density at radius 1 is 1.48 bits per heavy atom. The average Bonchev–Trinajstić information content (AvgIpc) is 2.97. The van der Waals surface area contributed by atoms with Crippen molar-refractivity contribution < 1.29 is 4.79 Å². The predicted octanol–water partition coefficient (Wildman–Crippen LogP) is 2.71. The minimum atomic E-state index is 0.0598. The summed E-state index contributed by atoms with van der Waals surface area (Å²) in [5.74, 6) is 0.684. The van der Waals surface area contributed by atoms with Gasteiger partial charge in [0.15, 0.2) is 0 Å². The molecule has 1 amide bonds. The Morgan fingerprint density at radius 3 is 3.00 bits per heavy atom. The summed E-state index contributed by atoms with van der Waals surface area (Å²) >= 11 is 1.42. The van der Waals surface area contributed by atoms with Gasteiger partial charge in [0.2, 0.25) is 0 Å². The molecule has 2 aromatic heterocycles. The minimum Gasteiger partial charge on any atom is -0.334 e. The molecule has 122 valence electrons. The van der Waals surface area contributed by atoms with E-state index in [0.717, 1.165) is 35.8 Å². The average molecular weight is 330 g/mol. The summed E-state index contributed by atoms with van der Waals surface area (Å²) < 4.78 is 0. The molecule has 2 aromatic rings. The third-order valence-corrected chi connectivity index (χ3v) is 5.55. The quantitative estimate of drug-likeness (QED) is 0.939. The number of hydrogen-bond acceptors (Lipinski definition) is 5. The van der Waals surface area contributed by atoms with E-state index in [9.17, 15) is 4.79 Å². The van der Waals surface area contributed by atoms with Crippen LogP contribution in [0.5, 0.6) is 0 Å². The van der Waals surface area contributed by atoms with Crippen molar-refractivity contribution in [1.82, 2.24) is 14.9 Å². The lowest BCUT2D eigenvalue weighted by atomic mass is 9.92. The zero-order chi connectivity index (χ0) is 16.4. The van der Waals surface area contributed by atoms with E-state index in [1.54, 1.807) is 6.20 Å². The van der Waals surface area contributed by atoms with E-state index in [4.69, 9.17) is 5.73 Å². The van der Waals surface area contributed by atoms with Gasteiger partial charge in [-0.1, -0.05) is 13.0 Å². The van der Waals surface area contributed by atoms with Gasteiger partial charge in [0.25, 0.3) is 5.91 Å². The van der Waals surface area contributed by atoms with E-state index in [0.29, 0.717) is 17.3 Å². The molecule has 6 heteroatoms. The van der Waals surface area contributed by atoms with Crippen LogP contribution in [0, 0.1) is 12.8 Å². The monoisotopic (exact) mass is 330 g/mol. The number of nitrogens with two attached hydrogens (primary N) is 1. The number of hydrogen-bond donors (Lipinski definition) is 1. The Kier molecular flexibility index (Phi) is 4.73. The van der Waals surface area contributed by atoms with E-state index in [1.807, 2.05) is 30.0 Å². The lowest BCUT2D eigenvalue weighted by Crippen LogP contribution is -2.49. The van der Waals surface area contributed by atoms with Gasteiger partial charge in [-0.3, -0.25) is 9.78 Å². The van der Waals surface area contributed by atoms with E-state index in [-0.39, 0.29) is 11.9 Å². The van der Waals surface area contributed by atoms with E-state index >= 15 is 0 Å². The summed E-state index contributed by atoms with van der Waals surface area (Å²) in [6.45, 7) is 5.40. The van der Waals surface area contributed by atoms with Gasteiger partial charge in [-0.15, -0.1) is 11.3 Å². The summed E-state index contributed by atoms with van der Waals surface area (Å²) in [5, 5.41) is 0.793. The SMILES string of the molecule is Cc1nc(-c2ccccn2)sc1C(=O)N1CCC(C)CC1CN. The second-order valence-corrected chi connectivity index (χ2v) is 7.17. The first-order valence-electron chi connectivity index (χ1n) is 8.00. The number of pyridine rings is 1. The number of likely N-dealkylation sites (tertiary alicyclic amines) is 1. The van der Waals surface area contributed by atoms with Crippen molar-refractivity contribution >= 4 is 17.2 Å². The van der Waals surface area contributed by atoms with Gasteiger partial charge in [-0.2, -0.15) is 0 Å². The third-order valence-electron chi connectivity index (χ3n) is 4.39. The molecule has 3 heterocycles. The second kappa shape index (κ2) is 6.76. The molecule has 2 unspecified atom stereocenters. The number of aromatic nitrogens is 2. The summed E-state index contributed by atoms with van der Waals surface area (Å²) in [4.78, 5) is 24.5. The van der Waals surface area contributed by atoms with Crippen LogP contribution < -0.4 is 5.73 Å². The molecule has 0 radical (unpaired) electrons. The number of carbonyl (C=O) groups is 1. The van der Waals surface area contributed by atoms with Crippen molar-refractivity contribution in [2.24, 2.45) is 11.7 Å². The Hall–Kier alpha value is -1.79. The molecular weight excluding hydrogens is 308 g/mol. The second-order valence-electron chi connectivity index (χ2n) is 6.17. The highest BCUT2D eigenvalue weighted by molar-refractivity contribution is 7.17. The fourth-order valence-electron chi connectivity index (χ4n) is 3.07. The van der Waals surface area contributed by atoms with Gasteiger partial charge in [0, 0.05) is 25.3 Å². The Labute approximate surface area is 140 Å².